The maximum Gasteiger partial charge on any atom is 0.235 e. The van der Waals surface area contributed by atoms with Crippen LogP contribution in [-0.2, 0) is 10.2 Å². The lowest BCUT2D eigenvalue weighted by Crippen LogP contribution is -2.46. The van der Waals surface area contributed by atoms with Gasteiger partial charge in [-0.2, -0.15) is 0 Å². The molecule has 1 amide bonds. The quantitative estimate of drug-likeness (QED) is 0.905. The van der Waals surface area contributed by atoms with Gasteiger partial charge in [0.1, 0.15) is 17.3 Å². The van der Waals surface area contributed by atoms with Gasteiger partial charge < -0.3 is 14.8 Å². The predicted molar refractivity (Wildman–Crippen MR) is 90.1 cm³/mol. The van der Waals surface area contributed by atoms with Crippen molar-refractivity contribution in [2.24, 2.45) is 0 Å². The van der Waals surface area contributed by atoms with Crippen molar-refractivity contribution in [1.82, 2.24) is 0 Å². The number of hydrogen-bond acceptors (Lipinski definition) is 3. The molecule has 1 N–H and O–H groups in total. The summed E-state index contributed by atoms with van der Waals surface area (Å²) in [6.45, 7) is 0. The first-order chi connectivity index (χ1) is 11.6. The van der Waals surface area contributed by atoms with Crippen LogP contribution in [0, 0.1) is 5.82 Å². The van der Waals surface area contributed by atoms with Crippen LogP contribution in [0.3, 0.4) is 0 Å². The molecule has 1 fully saturated rings. The van der Waals surface area contributed by atoms with Crippen LogP contribution in [0.15, 0.2) is 42.5 Å². The zero-order chi connectivity index (χ0) is 17.2. The number of hydrogen-bond donors (Lipinski definition) is 1. The van der Waals surface area contributed by atoms with E-state index in [2.05, 4.69) is 5.32 Å². The lowest BCUT2D eigenvalue weighted by molar-refractivity contribution is -0.124. The van der Waals surface area contributed by atoms with Crippen molar-refractivity contribution in [2.45, 2.75) is 24.7 Å². The Bertz CT molecular complexity index is 756. The Morgan fingerprint density at radius 3 is 2.50 bits per heavy atom. The molecule has 3 rings (SSSR count). The second kappa shape index (κ2) is 6.51. The third kappa shape index (κ3) is 2.82. The topological polar surface area (TPSA) is 47.6 Å². The molecule has 4 nitrogen and oxygen atoms in total. The number of rotatable bonds is 5. The number of amides is 1. The SMILES string of the molecule is COc1ccc(NC(=O)C2(c3cccc(F)c3)CCC2)c(OC)c1. The number of halogens is 1. The van der Waals surface area contributed by atoms with Gasteiger partial charge in [-0.1, -0.05) is 18.6 Å². The number of nitrogens with one attached hydrogen (secondary N) is 1. The van der Waals surface area contributed by atoms with E-state index in [-0.39, 0.29) is 11.7 Å². The molecule has 0 spiro atoms. The number of ether oxygens (including phenoxy) is 2. The standard InChI is InChI=1S/C19H20FNO3/c1-23-15-7-8-16(17(12-15)24-2)21-18(22)19(9-4-10-19)13-5-3-6-14(20)11-13/h3,5-8,11-12H,4,9-10H2,1-2H3,(H,21,22). The molecule has 1 aliphatic carbocycles. The van der Waals surface area contributed by atoms with Gasteiger partial charge in [0.2, 0.25) is 5.91 Å². The molecule has 2 aromatic rings. The van der Waals surface area contributed by atoms with Crippen LogP contribution >= 0.6 is 0 Å². The van der Waals surface area contributed by atoms with Gasteiger partial charge in [-0.25, -0.2) is 4.39 Å². The molecule has 0 saturated heterocycles. The lowest BCUT2D eigenvalue weighted by Gasteiger charge is -2.40. The lowest BCUT2D eigenvalue weighted by atomic mass is 9.63. The van der Waals surface area contributed by atoms with Crippen LogP contribution < -0.4 is 14.8 Å². The van der Waals surface area contributed by atoms with E-state index >= 15 is 0 Å². The molecule has 0 aliphatic heterocycles. The monoisotopic (exact) mass is 329 g/mol. The van der Waals surface area contributed by atoms with Crippen LogP contribution in [-0.4, -0.2) is 20.1 Å². The summed E-state index contributed by atoms with van der Waals surface area (Å²) in [4.78, 5) is 12.9. The van der Waals surface area contributed by atoms with Gasteiger partial charge in [0.05, 0.1) is 25.3 Å². The first-order valence-electron chi connectivity index (χ1n) is 7.88. The first kappa shape index (κ1) is 16.3. The van der Waals surface area contributed by atoms with E-state index in [0.29, 0.717) is 30.0 Å². The van der Waals surface area contributed by atoms with Crippen LogP contribution in [0.2, 0.25) is 0 Å². The molecule has 0 bridgehead atoms. The van der Waals surface area contributed by atoms with E-state index in [9.17, 15) is 9.18 Å². The summed E-state index contributed by atoms with van der Waals surface area (Å²) in [6.07, 6.45) is 2.37. The summed E-state index contributed by atoms with van der Waals surface area (Å²) in [5.41, 5.74) is 0.622. The zero-order valence-corrected chi connectivity index (χ0v) is 13.8. The van der Waals surface area contributed by atoms with Gasteiger partial charge in [-0.15, -0.1) is 0 Å². The van der Waals surface area contributed by atoms with E-state index in [1.54, 1.807) is 31.4 Å². The van der Waals surface area contributed by atoms with E-state index in [1.807, 2.05) is 6.07 Å². The predicted octanol–water partition coefficient (Wildman–Crippen LogP) is 3.90. The van der Waals surface area contributed by atoms with E-state index < -0.39 is 5.41 Å². The molecule has 2 aromatic carbocycles. The highest BCUT2D eigenvalue weighted by Gasteiger charge is 2.46. The van der Waals surface area contributed by atoms with E-state index in [0.717, 1.165) is 12.0 Å². The molecule has 0 radical (unpaired) electrons. The molecule has 1 saturated carbocycles. The number of anilines is 1. The van der Waals surface area contributed by atoms with Crippen molar-refractivity contribution >= 4 is 11.6 Å². The summed E-state index contributed by atoms with van der Waals surface area (Å²) >= 11 is 0. The number of benzene rings is 2. The molecule has 5 heteroatoms. The minimum absolute atomic E-state index is 0.136. The van der Waals surface area contributed by atoms with Gasteiger partial charge in [0.25, 0.3) is 0 Å². The summed E-state index contributed by atoms with van der Waals surface area (Å²) in [5, 5.41) is 2.93. The second-order valence-electron chi connectivity index (χ2n) is 5.97. The van der Waals surface area contributed by atoms with Crippen molar-refractivity contribution in [1.29, 1.82) is 0 Å². The van der Waals surface area contributed by atoms with Crippen molar-refractivity contribution in [2.75, 3.05) is 19.5 Å². The highest BCUT2D eigenvalue weighted by molar-refractivity contribution is 6.01. The summed E-state index contributed by atoms with van der Waals surface area (Å²) < 4.78 is 24.1. The van der Waals surface area contributed by atoms with Gasteiger partial charge in [0, 0.05) is 6.07 Å². The Labute approximate surface area is 140 Å². The van der Waals surface area contributed by atoms with Crippen LogP contribution in [0.25, 0.3) is 0 Å². The van der Waals surface area contributed by atoms with Crippen LogP contribution in [0.4, 0.5) is 10.1 Å². The Kier molecular flexibility index (Phi) is 4.42. The maximum atomic E-state index is 13.6. The molecule has 0 heterocycles. The minimum Gasteiger partial charge on any atom is -0.497 e. The van der Waals surface area contributed by atoms with Gasteiger partial charge in [0.15, 0.2) is 0 Å². The van der Waals surface area contributed by atoms with Crippen LogP contribution in [0.5, 0.6) is 11.5 Å². The molecule has 0 unspecified atom stereocenters. The normalized spacial score (nSPS) is 15.3. The molecule has 126 valence electrons. The fourth-order valence-electron chi connectivity index (χ4n) is 3.11. The first-order valence-corrected chi connectivity index (χ1v) is 7.88. The molecule has 24 heavy (non-hydrogen) atoms. The zero-order valence-electron chi connectivity index (χ0n) is 13.8. The largest absolute Gasteiger partial charge is 0.497 e. The molecule has 0 atom stereocenters. The average molecular weight is 329 g/mol. The highest BCUT2D eigenvalue weighted by atomic mass is 19.1. The smallest absolute Gasteiger partial charge is 0.235 e. The third-order valence-electron chi connectivity index (χ3n) is 4.68. The van der Waals surface area contributed by atoms with Gasteiger partial charge in [-0.3, -0.25) is 4.79 Å². The Morgan fingerprint density at radius 1 is 1.12 bits per heavy atom. The number of methoxy groups -OCH3 is 2. The number of carbonyl (C=O) groups excluding carboxylic acids is 1. The Balaban J connectivity index is 1.88. The fraction of sp³-hybridized carbons (Fsp3) is 0.316. The third-order valence-corrected chi connectivity index (χ3v) is 4.68. The summed E-state index contributed by atoms with van der Waals surface area (Å²) in [7, 11) is 3.11. The fourth-order valence-corrected chi connectivity index (χ4v) is 3.11. The molecular weight excluding hydrogens is 309 g/mol. The van der Waals surface area contributed by atoms with Crippen molar-refractivity contribution in [3.05, 3.63) is 53.8 Å². The average Bonchev–Trinajstić information content (AvgIpc) is 2.54. The van der Waals surface area contributed by atoms with E-state index in [4.69, 9.17) is 9.47 Å². The van der Waals surface area contributed by atoms with Gasteiger partial charge >= 0.3 is 0 Å². The van der Waals surface area contributed by atoms with Crippen LogP contribution in [0.1, 0.15) is 24.8 Å². The second-order valence-corrected chi connectivity index (χ2v) is 5.97. The number of carbonyl (C=O) groups is 1. The van der Waals surface area contributed by atoms with Crippen molar-refractivity contribution in [3.8, 4) is 11.5 Å². The molecule has 1 aliphatic rings. The van der Waals surface area contributed by atoms with Gasteiger partial charge in [-0.05, 0) is 42.7 Å². The molecule has 0 aromatic heterocycles. The highest BCUT2D eigenvalue weighted by Crippen LogP contribution is 2.45. The minimum atomic E-state index is -0.674. The molecular formula is C19H20FNO3. The maximum absolute atomic E-state index is 13.6. The Morgan fingerprint density at radius 2 is 1.92 bits per heavy atom. The van der Waals surface area contributed by atoms with Crippen molar-refractivity contribution in [3.63, 3.8) is 0 Å². The van der Waals surface area contributed by atoms with Crippen molar-refractivity contribution < 1.29 is 18.7 Å². The summed E-state index contributed by atoms with van der Waals surface area (Å²) in [5.74, 6) is 0.709. The Hall–Kier alpha value is -2.56. The summed E-state index contributed by atoms with van der Waals surface area (Å²) in [6, 6.07) is 11.5. The van der Waals surface area contributed by atoms with E-state index in [1.165, 1.54) is 19.2 Å².